The average molecular weight is 403 g/mol. The molecule has 9 heteroatoms. The van der Waals surface area contributed by atoms with Crippen molar-refractivity contribution in [3.05, 3.63) is 60.9 Å². The summed E-state index contributed by atoms with van der Waals surface area (Å²) in [5.74, 6) is 2.16. The molecule has 0 aliphatic rings. The lowest BCUT2D eigenvalue weighted by atomic mass is 10.2. The van der Waals surface area contributed by atoms with E-state index in [2.05, 4.69) is 38.0 Å². The molecule has 3 aromatic heterocycles. The lowest BCUT2D eigenvalue weighted by molar-refractivity contribution is 0.479. The van der Waals surface area contributed by atoms with Crippen molar-refractivity contribution in [2.75, 3.05) is 5.32 Å². The van der Waals surface area contributed by atoms with Crippen LogP contribution in [0.1, 0.15) is 5.56 Å². The second-order valence-electron chi connectivity index (χ2n) is 6.68. The third-order valence-corrected chi connectivity index (χ3v) is 5.01. The topological polar surface area (TPSA) is 82.2 Å². The standard InChI is InChI=1S/C20H17N7OS/c1-12-7-13(25-19-18-20(29)23-11-27(18)24-9-21-19)3-6-17(12)28-14-4-5-16-15(8-14)22-10-26(16)2/h3-11,29H,1-2H3,(H,21,24,25). The molecule has 0 unspecified atom stereocenters. The number of thiol groups is 1. The van der Waals surface area contributed by atoms with Crippen LogP contribution in [-0.2, 0) is 7.05 Å². The first-order valence-electron chi connectivity index (χ1n) is 8.92. The lowest BCUT2D eigenvalue weighted by Crippen LogP contribution is -2.00. The van der Waals surface area contributed by atoms with Crippen LogP contribution in [0.2, 0.25) is 0 Å². The van der Waals surface area contributed by atoms with Gasteiger partial charge in [-0.25, -0.2) is 19.5 Å². The molecule has 5 rings (SSSR count). The SMILES string of the molecule is Cc1cc(Nc2ncnn3cnc(S)c23)ccc1Oc1ccc2c(c1)ncn2C. The number of nitrogens with zero attached hydrogens (tertiary/aromatic N) is 6. The number of aryl methyl sites for hydroxylation is 2. The number of benzene rings is 2. The molecule has 0 spiro atoms. The van der Waals surface area contributed by atoms with Gasteiger partial charge in [-0.1, -0.05) is 0 Å². The number of rotatable bonds is 4. The predicted octanol–water partition coefficient (Wildman–Crippen LogP) is 4.14. The third kappa shape index (κ3) is 3.15. The molecular formula is C20H17N7OS. The molecule has 0 aliphatic heterocycles. The van der Waals surface area contributed by atoms with Crippen molar-refractivity contribution in [3.63, 3.8) is 0 Å². The molecular weight excluding hydrogens is 386 g/mol. The lowest BCUT2D eigenvalue weighted by Gasteiger charge is -2.12. The molecule has 0 bridgehead atoms. The molecule has 1 N–H and O–H groups in total. The average Bonchev–Trinajstić information content (AvgIpc) is 3.28. The zero-order chi connectivity index (χ0) is 20.0. The van der Waals surface area contributed by atoms with E-state index < -0.39 is 0 Å². The first-order valence-corrected chi connectivity index (χ1v) is 9.37. The fourth-order valence-corrected chi connectivity index (χ4v) is 3.47. The monoisotopic (exact) mass is 403 g/mol. The Labute approximate surface area is 171 Å². The highest BCUT2D eigenvalue weighted by Gasteiger charge is 2.11. The van der Waals surface area contributed by atoms with Crippen molar-refractivity contribution < 1.29 is 4.74 Å². The minimum atomic E-state index is 0.565. The molecule has 0 atom stereocenters. The van der Waals surface area contributed by atoms with Crippen LogP contribution in [0.4, 0.5) is 11.5 Å². The molecule has 5 aromatic rings. The summed E-state index contributed by atoms with van der Waals surface area (Å²) >= 11 is 4.38. The van der Waals surface area contributed by atoms with Gasteiger partial charge in [0.25, 0.3) is 0 Å². The van der Waals surface area contributed by atoms with Gasteiger partial charge in [0.1, 0.15) is 34.7 Å². The Morgan fingerprint density at radius 3 is 2.79 bits per heavy atom. The van der Waals surface area contributed by atoms with Crippen LogP contribution in [0.5, 0.6) is 11.5 Å². The maximum absolute atomic E-state index is 6.08. The Morgan fingerprint density at radius 1 is 1.03 bits per heavy atom. The number of hydrogen-bond donors (Lipinski definition) is 2. The summed E-state index contributed by atoms with van der Waals surface area (Å²) in [6.07, 6.45) is 4.87. The first-order chi connectivity index (χ1) is 14.1. The number of aromatic nitrogens is 6. The number of ether oxygens (including phenoxy) is 1. The molecule has 29 heavy (non-hydrogen) atoms. The van der Waals surface area contributed by atoms with Gasteiger partial charge in [0, 0.05) is 18.8 Å². The van der Waals surface area contributed by atoms with Crippen LogP contribution in [0.3, 0.4) is 0 Å². The van der Waals surface area contributed by atoms with Crippen LogP contribution < -0.4 is 10.1 Å². The van der Waals surface area contributed by atoms with Crippen molar-refractivity contribution >= 4 is 40.7 Å². The van der Waals surface area contributed by atoms with Gasteiger partial charge in [0.05, 0.1) is 17.4 Å². The van der Waals surface area contributed by atoms with Crippen LogP contribution in [0.15, 0.2) is 60.4 Å². The Morgan fingerprint density at radius 2 is 1.93 bits per heavy atom. The maximum Gasteiger partial charge on any atom is 0.161 e. The van der Waals surface area contributed by atoms with Crippen LogP contribution in [-0.4, -0.2) is 29.1 Å². The largest absolute Gasteiger partial charge is 0.457 e. The van der Waals surface area contributed by atoms with Gasteiger partial charge >= 0.3 is 0 Å². The van der Waals surface area contributed by atoms with E-state index in [-0.39, 0.29) is 0 Å². The summed E-state index contributed by atoms with van der Waals surface area (Å²) in [5, 5.41) is 8.00. The van der Waals surface area contributed by atoms with Crippen molar-refractivity contribution in [3.8, 4) is 11.5 Å². The van der Waals surface area contributed by atoms with Gasteiger partial charge in [0.2, 0.25) is 0 Å². The summed E-state index contributed by atoms with van der Waals surface area (Å²) in [6, 6.07) is 11.8. The quantitative estimate of drug-likeness (QED) is 0.439. The Kier molecular flexibility index (Phi) is 4.09. The van der Waals surface area contributed by atoms with E-state index in [1.165, 1.54) is 6.33 Å². The molecule has 8 nitrogen and oxygen atoms in total. The van der Waals surface area contributed by atoms with E-state index in [0.717, 1.165) is 39.3 Å². The molecule has 0 amide bonds. The number of fused-ring (bicyclic) bond motifs is 2. The van der Waals surface area contributed by atoms with E-state index in [9.17, 15) is 0 Å². The van der Waals surface area contributed by atoms with Crippen molar-refractivity contribution in [2.24, 2.45) is 7.05 Å². The van der Waals surface area contributed by atoms with Crippen molar-refractivity contribution in [1.82, 2.24) is 29.1 Å². The molecule has 0 saturated heterocycles. The van der Waals surface area contributed by atoms with E-state index in [4.69, 9.17) is 4.74 Å². The smallest absolute Gasteiger partial charge is 0.161 e. The normalized spacial score (nSPS) is 11.3. The minimum absolute atomic E-state index is 0.565. The van der Waals surface area contributed by atoms with Gasteiger partial charge in [-0.2, -0.15) is 5.10 Å². The summed E-state index contributed by atoms with van der Waals surface area (Å²) in [5.41, 5.74) is 4.55. The fourth-order valence-electron chi connectivity index (χ4n) is 3.21. The number of hydrogen-bond acceptors (Lipinski definition) is 7. The second-order valence-corrected chi connectivity index (χ2v) is 7.11. The zero-order valence-electron chi connectivity index (χ0n) is 15.7. The van der Waals surface area contributed by atoms with Gasteiger partial charge in [0.15, 0.2) is 5.82 Å². The van der Waals surface area contributed by atoms with Crippen LogP contribution in [0.25, 0.3) is 16.6 Å². The Hall–Kier alpha value is -3.59. The highest BCUT2D eigenvalue weighted by Crippen LogP contribution is 2.31. The van der Waals surface area contributed by atoms with Crippen LogP contribution in [0, 0.1) is 6.92 Å². The molecule has 144 valence electrons. The summed E-state index contributed by atoms with van der Waals surface area (Å²) in [4.78, 5) is 12.9. The van der Waals surface area contributed by atoms with E-state index in [1.807, 2.05) is 54.9 Å². The zero-order valence-corrected chi connectivity index (χ0v) is 16.6. The molecule has 3 heterocycles. The summed E-state index contributed by atoms with van der Waals surface area (Å²) < 4.78 is 9.69. The molecule has 0 fully saturated rings. The number of imidazole rings is 2. The molecule has 0 saturated carbocycles. The number of anilines is 2. The Bertz CT molecular complexity index is 1360. The third-order valence-electron chi connectivity index (χ3n) is 4.68. The highest BCUT2D eigenvalue weighted by molar-refractivity contribution is 7.80. The first kappa shape index (κ1) is 17.5. The van der Waals surface area contributed by atoms with E-state index >= 15 is 0 Å². The predicted molar refractivity (Wildman–Crippen MR) is 113 cm³/mol. The minimum Gasteiger partial charge on any atom is -0.457 e. The maximum atomic E-state index is 6.08. The van der Waals surface area contributed by atoms with Gasteiger partial charge < -0.3 is 14.6 Å². The van der Waals surface area contributed by atoms with E-state index in [0.29, 0.717) is 10.8 Å². The number of nitrogens with one attached hydrogen (secondary N) is 1. The molecule has 0 aliphatic carbocycles. The van der Waals surface area contributed by atoms with Crippen molar-refractivity contribution in [2.45, 2.75) is 11.9 Å². The summed E-state index contributed by atoms with van der Waals surface area (Å²) in [6.45, 7) is 2.00. The van der Waals surface area contributed by atoms with Crippen LogP contribution >= 0.6 is 12.6 Å². The molecule has 0 radical (unpaired) electrons. The highest BCUT2D eigenvalue weighted by atomic mass is 32.1. The summed E-state index contributed by atoms with van der Waals surface area (Å²) in [7, 11) is 1.97. The van der Waals surface area contributed by atoms with Gasteiger partial charge in [-0.3, -0.25) is 0 Å². The van der Waals surface area contributed by atoms with Gasteiger partial charge in [-0.05, 0) is 42.8 Å². The Balaban J connectivity index is 1.41. The fraction of sp³-hybridized carbons (Fsp3) is 0.100. The van der Waals surface area contributed by atoms with Gasteiger partial charge in [-0.15, -0.1) is 12.6 Å². The second kappa shape index (κ2) is 6.78. The molecule has 2 aromatic carbocycles. The van der Waals surface area contributed by atoms with E-state index in [1.54, 1.807) is 17.2 Å². The van der Waals surface area contributed by atoms with Crippen molar-refractivity contribution in [1.29, 1.82) is 0 Å².